The third-order valence-electron chi connectivity index (χ3n) is 2.36. The molecule has 0 radical (unpaired) electrons. The van der Waals surface area contributed by atoms with E-state index in [9.17, 15) is 4.79 Å². The minimum Gasteiger partial charge on any atom is -0.477 e. The number of aromatic carboxylic acids is 1. The summed E-state index contributed by atoms with van der Waals surface area (Å²) >= 11 is 0. The first-order valence-electron chi connectivity index (χ1n) is 4.62. The van der Waals surface area contributed by atoms with Crippen LogP contribution in [0.3, 0.4) is 0 Å². The van der Waals surface area contributed by atoms with E-state index in [1.54, 1.807) is 4.57 Å². The molecule has 1 aliphatic heterocycles. The summed E-state index contributed by atoms with van der Waals surface area (Å²) in [6.45, 7) is 1.36. The molecule has 0 saturated carbocycles. The summed E-state index contributed by atoms with van der Waals surface area (Å²) in [5.74, 6) is -0.944. The van der Waals surface area contributed by atoms with Crippen LogP contribution in [-0.2, 0) is 11.3 Å². The van der Waals surface area contributed by atoms with E-state index in [0.29, 0.717) is 6.54 Å². The lowest BCUT2D eigenvalue weighted by Crippen LogP contribution is -2.17. The van der Waals surface area contributed by atoms with Crippen LogP contribution in [0, 0.1) is 0 Å². The topological polar surface area (TPSA) is 64.3 Å². The molecule has 0 bridgehead atoms. The highest BCUT2D eigenvalue weighted by Gasteiger charge is 2.18. The van der Waals surface area contributed by atoms with Gasteiger partial charge in [-0.05, 0) is 12.8 Å². The van der Waals surface area contributed by atoms with Gasteiger partial charge >= 0.3 is 5.97 Å². The first-order valence-corrected chi connectivity index (χ1v) is 4.62. The number of ether oxygens (including phenoxy) is 1. The normalized spacial score (nSPS) is 21.3. The third-order valence-corrected chi connectivity index (χ3v) is 2.36. The van der Waals surface area contributed by atoms with Crippen LogP contribution in [-0.4, -0.2) is 33.3 Å². The second-order valence-corrected chi connectivity index (χ2v) is 3.37. The van der Waals surface area contributed by atoms with Gasteiger partial charge in [-0.15, -0.1) is 0 Å². The lowest BCUT2D eigenvalue weighted by atomic mass is 10.2. The smallest absolute Gasteiger partial charge is 0.354 e. The maximum Gasteiger partial charge on any atom is 0.354 e. The number of hydrogen-bond donors (Lipinski definition) is 1. The molecule has 1 aliphatic rings. The van der Waals surface area contributed by atoms with Crippen LogP contribution >= 0.6 is 0 Å². The van der Waals surface area contributed by atoms with Crippen molar-refractivity contribution in [3.05, 3.63) is 18.2 Å². The van der Waals surface area contributed by atoms with Gasteiger partial charge in [0.2, 0.25) is 0 Å². The Morgan fingerprint density at radius 1 is 1.79 bits per heavy atom. The van der Waals surface area contributed by atoms with Crippen molar-refractivity contribution in [1.29, 1.82) is 0 Å². The molecule has 5 heteroatoms. The highest BCUT2D eigenvalue weighted by molar-refractivity contribution is 5.85. The Hall–Kier alpha value is -1.36. The van der Waals surface area contributed by atoms with E-state index >= 15 is 0 Å². The zero-order valence-electron chi connectivity index (χ0n) is 7.72. The molecule has 0 unspecified atom stereocenters. The summed E-state index contributed by atoms with van der Waals surface area (Å²) in [6.07, 6.45) is 5.09. The first kappa shape index (κ1) is 9.21. The quantitative estimate of drug-likeness (QED) is 0.775. The Morgan fingerprint density at radius 2 is 2.64 bits per heavy atom. The summed E-state index contributed by atoms with van der Waals surface area (Å²) in [7, 11) is 0. The van der Waals surface area contributed by atoms with E-state index in [-0.39, 0.29) is 11.8 Å². The number of nitrogens with zero attached hydrogens (tertiary/aromatic N) is 2. The molecule has 0 aromatic carbocycles. The van der Waals surface area contributed by atoms with Gasteiger partial charge < -0.3 is 14.4 Å². The van der Waals surface area contributed by atoms with Crippen molar-refractivity contribution in [2.75, 3.05) is 6.61 Å². The molecule has 2 heterocycles. The molecule has 1 aromatic rings. The van der Waals surface area contributed by atoms with Gasteiger partial charge in [-0.1, -0.05) is 0 Å². The lowest BCUT2D eigenvalue weighted by molar-refractivity contribution is 0.0671. The predicted octanol–water partition coefficient (Wildman–Crippen LogP) is 0.760. The Kier molecular flexibility index (Phi) is 2.49. The number of carboxylic acid groups (broad SMARTS) is 1. The summed E-state index contributed by atoms with van der Waals surface area (Å²) < 4.78 is 7.04. The highest BCUT2D eigenvalue weighted by Crippen LogP contribution is 2.14. The van der Waals surface area contributed by atoms with E-state index in [4.69, 9.17) is 9.84 Å². The molecule has 2 rings (SSSR count). The molecule has 0 aliphatic carbocycles. The number of carbonyl (C=O) groups is 1. The molecular formula is C9H12N2O3. The Bertz CT molecular complexity index is 329. The van der Waals surface area contributed by atoms with Gasteiger partial charge in [0.15, 0.2) is 0 Å². The number of rotatable bonds is 3. The van der Waals surface area contributed by atoms with Crippen LogP contribution in [0.25, 0.3) is 0 Å². The van der Waals surface area contributed by atoms with Gasteiger partial charge in [0.25, 0.3) is 0 Å². The standard InChI is InChI=1S/C9H12N2O3/c12-9(13)8-4-10-6-11(8)5-7-2-1-3-14-7/h4,6-7H,1-3,5H2,(H,12,13)/t7-/m0/s1. The zero-order valence-corrected chi connectivity index (χ0v) is 7.72. The van der Waals surface area contributed by atoms with E-state index in [1.807, 2.05) is 0 Å². The van der Waals surface area contributed by atoms with Gasteiger partial charge in [-0.25, -0.2) is 9.78 Å². The van der Waals surface area contributed by atoms with Crippen LogP contribution in [0.5, 0.6) is 0 Å². The Labute approximate surface area is 81.3 Å². The lowest BCUT2D eigenvalue weighted by Gasteiger charge is -2.10. The van der Waals surface area contributed by atoms with Crippen LogP contribution < -0.4 is 0 Å². The first-order chi connectivity index (χ1) is 6.77. The molecule has 1 aromatic heterocycles. The van der Waals surface area contributed by atoms with Gasteiger partial charge in [0, 0.05) is 6.61 Å². The van der Waals surface area contributed by atoms with Crippen molar-refractivity contribution >= 4 is 5.97 Å². The van der Waals surface area contributed by atoms with Crippen LogP contribution in [0.4, 0.5) is 0 Å². The summed E-state index contributed by atoms with van der Waals surface area (Å²) in [4.78, 5) is 14.6. The fourth-order valence-electron chi connectivity index (χ4n) is 1.65. The average Bonchev–Trinajstić information content (AvgIpc) is 2.75. The summed E-state index contributed by atoms with van der Waals surface area (Å²) in [6, 6.07) is 0. The van der Waals surface area contributed by atoms with Gasteiger partial charge in [-0.3, -0.25) is 0 Å². The molecule has 76 valence electrons. The maximum atomic E-state index is 10.8. The summed E-state index contributed by atoms with van der Waals surface area (Å²) in [5.41, 5.74) is 0.223. The second kappa shape index (κ2) is 3.79. The van der Waals surface area contributed by atoms with Gasteiger partial charge in [0.1, 0.15) is 5.69 Å². The monoisotopic (exact) mass is 196 g/mol. The molecule has 5 nitrogen and oxygen atoms in total. The SMILES string of the molecule is O=C(O)c1cncn1C[C@@H]1CCCO1. The molecule has 1 N–H and O–H groups in total. The van der Waals surface area contributed by atoms with Crippen LogP contribution in [0.15, 0.2) is 12.5 Å². The zero-order chi connectivity index (χ0) is 9.97. The van der Waals surface area contributed by atoms with Crippen molar-refractivity contribution in [3.63, 3.8) is 0 Å². The molecule has 1 atom stereocenters. The molecule has 0 amide bonds. The van der Waals surface area contributed by atoms with E-state index < -0.39 is 5.97 Å². The number of imidazole rings is 1. The highest BCUT2D eigenvalue weighted by atomic mass is 16.5. The molecule has 0 spiro atoms. The number of aromatic nitrogens is 2. The average molecular weight is 196 g/mol. The number of carboxylic acids is 1. The van der Waals surface area contributed by atoms with Crippen molar-refractivity contribution in [2.45, 2.75) is 25.5 Å². The van der Waals surface area contributed by atoms with Crippen LogP contribution in [0.1, 0.15) is 23.3 Å². The maximum absolute atomic E-state index is 10.8. The Morgan fingerprint density at radius 3 is 3.29 bits per heavy atom. The van der Waals surface area contributed by atoms with E-state index in [1.165, 1.54) is 12.5 Å². The van der Waals surface area contributed by atoms with Crippen molar-refractivity contribution in [3.8, 4) is 0 Å². The number of hydrogen-bond acceptors (Lipinski definition) is 3. The Balaban J connectivity index is 2.07. The van der Waals surface area contributed by atoms with E-state index in [2.05, 4.69) is 4.98 Å². The summed E-state index contributed by atoms with van der Waals surface area (Å²) in [5, 5.41) is 8.83. The fraction of sp³-hybridized carbons (Fsp3) is 0.556. The second-order valence-electron chi connectivity index (χ2n) is 3.37. The predicted molar refractivity (Wildman–Crippen MR) is 48.2 cm³/mol. The molecule has 1 saturated heterocycles. The van der Waals surface area contributed by atoms with Crippen molar-refractivity contribution in [2.24, 2.45) is 0 Å². The van der Waals surface area contributed by atoms with Crippen molar-refractivity contribution in [1.82, 2.24) is 9.55 Å². The van der Waals surface area contributed by atoms with Crippen molar-refractivity contribution < 1.29 is 14.6 Å². The minimum absolute atomic E-state index is 0.141. The third kappa shape index (κ3) is 1.77. The minimum atomic E-state index is -0.944. The van der Waals surface area contributed by atoms with Gasteiger partial charge in [-0.2, -0.15) is 0 Å². The molecular weight excluding hydrogens is 184 g/mol. The van der Waals surface area contributed by atoms with E-state index in [0.717, 1.165) is 19.4 Å². The largest absolute Gasteiger partial charge is 0.477 e. The van der Waals surface area contributed by atoms with Gasteiger partial charge in [0.05, 0.1) is 25.2 Å². The fourth-order valence-corrected chi connectivity index (χ4v) is 1.65. The molecule has 1 fully saturated rings. The molecule has 14 heavy (non-hydrogen) atoms. The van der Waals surface area contributed by atoms with Crippen LogP contribution in [0.2, 0.25) is 0 Å².